The first-order chi connectivity index (χ1) is 18.0. The molecule has 37 heavy (non-hydrogen) atoms. The first-order valence-corrected chi connectivity index (χ1v) is 11.5. The molecule has 0 saturated carbocycles. The van der Waals surface area contributed by atoms with Crippen LogP contribution in [0.2, 0.25) is 0 Å². The number of anilines is 1. The van der Waals surface area contributed by atoms with E-state index in [0.29, 0.717) is 17.7 Å². The van der Waals surface area contributed by atoms with Crippen LogP contribution in [0.25, 0.3) is 5.95 Å². The highest BCUT2D eigenvalue weighted by atomic mass is 19.1. The molecule has 12 heteroatoms. The van der Waals surface area contributed by atoms with Gasteiger partial charge in [-0.1, -0.05) is 19.1 Å². The van der Waals surface area contributed by atoms with Crippen molar-refractivity contribution in [3.05, 3.63) is 88.1 Å². The monoisotopic (exact) mass is 509 g/mol. The highest BCUT2D eigenvalue weighted by molar-refractivity contribution is 5.77. The smallest absolute Gasteiger partial charge is 0.350 e. The Kier molecular flexibility index (Phi) is 8.18. The molecule has 0 saturated heterocycles. The minimum atomic E-state index is -1.03. The van der Waals surface area contributed by atoms with E-state index in [1.165, 1.54) is 30.7 Å². The lowest BCUT2D eigenvalue weighted by atomic mass is 10.0. The summed E-state index contributed by atoms with van der Waals surface area (Å²) < 4.78 is 40.6. The molecular weight excluding hydrogens is 484 g/mol. The number of hydrogen-bond donors (Lipinski definition) is 3. The van der Waals surface area contributed by atoms with Gasteiger partial charge in [-0.25, -0.2) is 23.5 Å². The Morgan fingerprint density at radius 2 is 1.92 bits per heavy atom. The van der Waals surface area contributed by atoms with Crippen molar-refractivity contribution in [3.63, 3.8) is 0 Å². The highest BCUT2D eigenvalue weighted by Crippen LogP contribution is 2.35. The van der Waals surface area contributed by atoms with Crippen LogP contribution in [-0.4, -0.2) is 50.8 Å². The molecule has 2 aromatic heterocycles. The fraction of sp³-hybridized carbons (Fsp3) is 0.240. The molecule has 0 aliphatic heterocycles. The van der Waals surface area contributed by atoms with Crippen LogP contribution in [-0.2, 0) is 0 Å². The van der Waals surface area contributed by atoms with Crippen molar-refractivity contribution in [2.75, 3.05) is 25.2 Å². The quantitative estimate of drug-likeness (QED) is 0.248. The van der Waals surface area contributed by atoms with E-state index in [1.54, 1.807) is 30.3 Å². The van der Waals surface area contributed by atoms with Gasteiger partial charge in [0.25, 0.3) is 5.95 Å². The second-order valence-corrected chi connectivity index (χ2v) is 7.83. The van der Waals surface area contributed by atoms with Crippen LogP contribution in [0.1, 0.15) is 36.3 Å². The zero-order chi connectivity index (χ0) is 26.2. The average molecular weight is 510 g/mol. The number of aromatic nitrogens is 5. The van der Waals surface area contributed by atoms with Crippen LogP contribution in [0, 0.1) is 11.2 Å². The summed E-state index contributed by atoms with van der Waals surface area (Å²) in [5.74, 6) is -0.472. The maximum Gasteiger partial charge on any atom is 0.350 e. The predicted octanol–water partition coefficient (Wildman–Crippen LogP) is 3.83. The standard InChI is InChI=1S/C25H25F2N7O3/c1-2-11-37-20-14-18(36-12-8-26)13-19(21(20)27)22(31-17-6-4-16(15-28)5-7-17)23-32-25(35)34(33-23)24-29-9-3-10-30-24/h3-7,9-10,13-15,22,28,31H,2,8,11-12H2,1H3,(H,32,33,35). The van der Waals surface area contributed by atoms with Crippen molar-refractivity contribution < 1.29 is 18.3 Å². The zero-order valence-electron chi connectivity index (χ0n) is 19.9. The largest absolute Gasteiger partial charge is 0.491 e. The van der Waals surface area contributed by atoms with Gasteiger partial charge in [0, 0.05) is 35.9 Å². The average Bonchev–Trinajstić information content (AvgIpc) is 3.32. The van der Waals surface area contributed by atoms with E-state index >= 15 is 4.39 Å². The first kappa shape index (κ1) is 25.5. The molecule has 3 N–H and O–H groups in total. The highest BCUT2D eigenvalue weighted by Gasteiger charge is 2.27. The van der Waals surface area contributed by atoms with Crippen LogP contribution < -0.4 is 20.5 Å². The molecule has 10 nitrogen and oxygen atoms in total. The molecule has 0 radical (unpaired) electrons. The Labute approximate surface area is 210 Å². The minimum absolute atomic E-state index is 0.0385. The number of hydrogen-bond acceptors (Lipinski definition) is 8. The Morgan fingerprint density at radius 1 is 1.16 bits per heavy atom. The number of halogens is 2. The third kappa shape index (κ3) is 5.97. The van der Waals surface area contributed by atoms with Crippen LogP contribution >= 0.6 is 0 Å². The molecule has 0 amide bonds. The zero-order valence-corrected chi connectivity index (χ0v) is 19.9. The second-order valence-electron chi connectivity index (χ2n) is 7.83. The third-order valence-corrected chi connectivity index (χ3v) is 5.20. The molecule has 192 valence electrons. The molecule has 0 spiro atoms. The number of benzene rings is 2. The summed E-state index contributed by atoms with van der Waals surface area (Å²) in [5.41, 5.74) is 0.657. The van der Waals surface area contributed by atoms with E-state index in [9.17, 15) is 9.18 Å². The van der Waals surface area contributed by atoms with E-state index in [4.69, 9.17) is 14.9 Å². The predicted molar refractivity (Wildman–Crippen MR) is 133 cm³/mol. The Balaban J connectivity index is 1.84. The van der Waals surface area contributed by atoms with Gasteiger partial charge >= 0.3 is 5.69 Å². The summed E-state index contributed by atoms with van der Waals surface area (Å²) in [7, 11) is 0. The van der Waals surface area contributed by atoms with Crippen LogP contribution in [0.3, 0.4) is 0 Å². The van der Waals surface area contributed by atoms with Crippen molar-refractivity contribution in [2.24, 2.45) is 0 Å². The fourth-order valence-corrected chi connectivity index (χ4v) is 3.50. The van der Waals surface area contributed by atoms with Crippen molar-refractivity contribution in [3.8, 4) is 17.4 Å². The van der Waals surface area contributed by atoms with Gasteiger partial charge in [-0.3, -0.25) is 4.98 Å². The SMILES string of the molecule is CCCOc1cc(OCCF)cc(C(Nc2ccc(C=N)cc2)c2nn(-c3ncccn3)c(=O)[nH]2)c1F. The molecule has 1 atom stereocenters. The Hall–Kier alpha value is -4.61. The summed E-state index contributed by atoms with van der Waals surface area (Å²) in [5, 5.41) is 14.9. The normalized spacial score (nSPS) is 11.6. The van der Waals surface area contributed by atoms with Gasteiger partial charge in [0.2, 0.25) is 0 Å². The lowest BCUT2D eigenvalue weighted by Gasteiger charge is -2.21. The summed E-state index contributed by atoms with van der Waals surface area (Å²) in [4.78, 5) is 23.5. The maximum atomic E-state index is 15.8. The number of H-pyrrole nitrogens is 1. The topological polar surface area (TPSA) is 131 Å². The summed E-state index contributed by atoms with van der Waals surface area (Å²) in [6, 6.07) is 10.2. The van der Waals surface area contributed by atoms with Crippen molar-refractivity contribution >= 4 is 11.9 Å². The number of nitrogens with zero attached hydrogens (tertiary/aromatic N) is 4. The lowest BCUT2D eigenvalue weighted by molar-refractivity contribution is 0.266. The minimum Gasteiger partial charge on any atom is -0.491 e. The van der Waals surface area contributed by atoms with E-state index in [0.717, 1.165) is 4.68 Å². The maximum absolute atomic E-state index is 15.8. The Bertz CT molecular complexity index is 1390. The Morgan fingerprint density at radius 3 is 2.59 bits per heavy atom. The fourth-order valence-electron chi connectivity index (χ4n) is 3.50. The molecule has 0 bridgehead atoms. The van der Waals surface area contributed by atoms with E-state index in [1.807, 2.05) is 6.92 Å². The van der Waals surface area contributed by atoms with Crippen LogP contribution in [0.15, 0.2) is 59.7 Å². The summed E-state index contributed by atoms with van der Waals surface area (Å²) in [6.07, 6.45) is 4.77. The molecule has 0 aliphatic rings. The van der Waals surface area contributed by atoms with Gasteiger partial charge < -0.3 is 20.2 Å². The number of ether oxygens (including phenoxy) is 2. The van der Waals surface area contributed by atoms with E-state index < -0.39 is 24.2 Å². The molecule has 4 rings (SSSR count). The van der Waals surface area contributed by atoms with Gasteiger partial charge in [0.1, 0.15) is 25.1 Å². The van der Waals surface area contributed by atoms with Gasteiger partial charge in [-0.05, 0) is 36.2 Å². The molecule has 1 unspecified atom stereocenters. The molecule has 0 aliphatic carbocycles. The second kappa shape index (κ2) is 11.9. The van der Waals surface area contributed by atoms with Crippen molar-refractivity contribution in [2.45, 2.75) is 19.4 Å². The van der Waals surface area contributed by atoms with Crippen LogP contribution in [0.5, 0.6) is 11.5 Å². The van der Waals surface area contributed by atoms with Crippen LogP contribution in [0.4, 0.5) is 14.5 Å². The molecule has 2 heterocycles. The summed E-state index contributed by atoms with van der Waals surface area (Å²) in [6.45, 7) is 1.18. The number of nitrogens with one attached hydrogen (secondary N) is 3. The molecule has 4 aromatic rings. The van der Waals surface area contributed by atoms with E-state index in [2.05, 4.69) is 25.4 Å². The van der Waals surface area contributed by atoms with E-state index in [-0.39, 0.29) is 42.0 Å². The first-order valence-electron chi connectivity index (χ1n) is 11.5. The lowest BCUT2D eigenvalue weighted by Crippen LogP contribution is -2.18. The van der Waals surface area contributed by atoms with Gasteiger partial charge in [-0.2, -0.15) is 0 Å². The van der Waals surface area contributed by atoms with Gasteiger partial charge in [0.15, 0.2) is 17.4 Å². The van der Waals surface area contributed by atoms with Crippen molar-refractivity contribution in [1.82, 2.24) is 24.7 Å². The number of alkyl halides is 1. The summed E-state index contributed by atoms with van der Waals surface area (Å²) >= 11 is 0. The van der Waals surface area contributed by atoms with Crippen molar-refractivity contribution in [1.29, 1.82) is 5.41 Å². The molecular formula is C25H25F2N7O3. The third-order valence-electron chi connectivity index (χ3n) is 5.20. The van der Waals surface area contributed by atoms with Gasteiger partial charge in [0.05, 0.1) is 6.61 Å². The molecule has 2 aromatic carbocycles. The van der Waals surface area contributed by atoms with Gasteiger partial charge in [-0.15, -0.1) is 9.78 Å². The molecule has 0 fully saturated rings. The number of rotatable bonds is 12. The number of aromatic amines is 1.